The summed E-state index contributed by atoms with van der Waals surface area (Å²) in [6.07, 6.45) is 2.72. The number of nitriles is 1. The molecule has 2 heterocycles. The Hall–Kier alpha value is -4.76. The van der Waals surface area contributed by atoms with E-state index in [-0.39, 0.29) is 22.6 Å². The van der Waals surface area contributed by atoms with Crippen molar-refractivity contribution in [1.82, 2.24) is 4.40 Å². The van der Waals surface area contributed by atoms with Crippen LogP contribution in [0.1, 0.15) is 21.5 Å². The fourth-order valence-corrected chi connectivity index (χ4v) is 3.28. The number of pyridine rings is 2. The Morgan fingerprint density at radius 2 is 1.56 bits per heavy atom. The molecule has 0 unspecified atom stereocenters. The molecule has 0 aliphatic heterocycles. The second-order valence-electron chi connectivity index (χ2n) is 6.90. The van der Waals surface area contributed by atoms with E-state index in [1.807, 2.05) is 0 Å². The molecule has 0 bridgehead atoms. The minimum absolute atomic E-state index is 0.0236. The summed E-state index contributed by atoms with van der Waals surface area (Å²) in [7, 11) is 0. The van der Waals surface area contributed by atoms with Gasteiger partial charge in [0.25, 0.3) is 5.56 Å². The Kier molecular flexibility index (Phi) is 5.73. The molecular formula is C26H17N3O3. The van der Waals surface area contributed by atoms with Crippen LogP contribution >= 0.6 is 0 Å². The SMILES string of the molecule is N#Cc1cc(N=CC(C(=O)c2ccccc2)=C(O)c2ccccc2)c(=O)n2ccccc12. The van der Waals surface area contributed by atoms with Crippen LogP contribution in [0.4, 0.5) is 5.69 Å². The summed E-state index contributed by atoms with van der Waals surface area (Å²) in [6.45, 7) is 0. The smallest absolute Gasteiger partial charge is 0.281 e. The third kappa shape index (κ3) is 3.95. The molecule has 0 radical (unpaired) electrons. The van der Waals surface area contributed by atoms with E-state index in [1.54, 1.807) is 85.1 Å². The van der Waals surface area contributed by atoms with Gasteiger partial charge in [-0.15, -0.1) is 0 Å². The van der Waals surface area contributed by atoms with E-state index in [2.05, 4.69) is 11.1 Å². The third-order valence-corrected chi connectivity index (χ3v) is 4.89. The van der Waals surface area contributed by atoms with E-state index >= 15 is 0 Å². The molecule has 154 valence electrons. The third-order valence-electron chi connectivity index (χ3n) is 4.89. The Bertz CT molecular complexity index is 1460. The molecule has 6 nitrogen and oxygen atoms in total. The molecule has 0 saturated heterocycles. The number of aromatic nitrogens is 1. The van der Waals surface area contributed by atoms with Gasteiger partial charge in [-0.1, -0.05) is 66.7 Å². The molecule has 0 saturated carbocycles. The van der Waals surface area contributed by atoms with Crippen molar-refractivity contribution in [2.75, 3.05) is 0 Å². The van der Waals surface area contributed by atoms with E-state index in [0.717, 1.165) is 0 Å². The van der Waals surface area contributed by atoms with Crippen molar-refractivity contribution in [2.24, 2.45) is 4.99 Å². The summed E-state index contributed by atoms with van der Waals surface area (Å²) in [6, 6.07) is 25.6. The molecule has 6 heteroatoms. The quantitative estimate of drug-likeness (QED) is 0.219. The van der Waals surface area contributed by atoms with Gasteiger partial charge in [-0.05, 0) is 18.2 Å². The molecule has 0 aliphatic rings. The number of Topliss-reactive ketones (excluding diaryl/α,β-unsaturated/α-hetero) is 1. The van der Waals surface area contributed by atoms with Gasteiger partial charge >= 0.3 is 0 Å². The van der Waals surface area contributed by atoms with Gasteiger partial charge < -0.3 is 5.11 Å². The summed E-state index contributed by atoms with van der Waals surface area (Å²) in [4.78, 5) is 30.2. The summed E-state index contributed by atoms with van der Waals surface area (Å²) >= 11 is 0. The van der Waals surface area contributed by atoms with E-state index in [9.17, 15) is 20.0 Å². The van der Waals surface area contributed by atoms with Crippen molar-refractivity contribution in [1.29, 1.82) is 5.26 Å². The zero-order chi connectivity index (χ0) is 22.5. The number of allylic oxidation sites excluding steroid dienone is 1. The zero-order valence-electron chi connectivity index (χ0n) is 16.8. The average molecular weight is 419 g/mol. The Morgan fingerprint density at radius 1 is 0.938 bits per heavy atom. The number of benzene rings is 2. The summed E-state index contributed by atoms with van der Waals surface area (Å²) in [5.74, 6) is -0.707. The number of aliphatic hydroxyl groups is 1. The van der Waals surface area contributed by atoms with Crippen molar-refractivity contribution in [3.63, 3.8) is 0 Å². The second-order valence-corrected chi connectivity index (χ2v) is 6.90. The van der Waals surface area contributed by atoms with E-state index in [4.69, 9.17) is 0 Å². The predicted octanol–water partition coefficient (Wildman–Crippen LogP) is 4.73. The van der Waals surface area contributed by atoms with Crippen LogP contribution in [0.3, 0.4) is 0 Å². The number of aliphatic hydroxyl groups excluding tert-OH is 1. The van der Waals surface area contributed by atoms with E-state index < -0.39 is 11.3 Å². The minimum atomic E-state index is -0.447. The normalized spacial score (nSPS) is 11.8. The molecule has 1 N–H and O–H groups in total. The molecule has 32 heavy (non-hydrogen) atoms. The number of nitrogens with zero attached hydrogens (tertiary/aromatic N) is 3. The first-order valence-electron chi connectivity index (χ1n) is 9.77. The lowest BCUT2D eigenvalue weighted by atomic mass is 10.00. The van der Waals surface area contributed by atoms with Gasteiger partial charge in [-0.2, -0.15) is 5.26 Å². The van der Waals surface area contributed by atoms with Crippen molar-refractivity contribution in [3.05, 3.63) is 124 Å². The minimum Gasteiger partial charge on any atom is -0.506 e. The van der Waals surface area contributed by atoms with Crippen LogP contribution in [0.25, 0.3) is 11.3 Å². The molecule has 4 aromatic rings. The monoisotopic (exact) mass is 419 g/mol. The lowest BCUT2D eigenvalue weighted by Crippen LogP contribution is -2.14. The van der Waals surface area contributed by atoms with Crippen LogP contribution in [0.2, 0.25) is 0 Å². The van der Waals surface area contributed by atoms with Crippen LogP contribution in [0.5, 0.6) is 0 Å². The number of carbonyl (C=O) groups is 1. The topological polar surface area (TPSA) is 94.9 Å². The van der Waals surface area contributed by atoms with E-state index in [1.165, 1.54) is 16.7 Å². The van der Waals surface area contributed by atoms with Crippen molar-refractivity contribution >= 4 is 29.0 Å². The fourth-order valence-electron chi connectivity index (χ4n) is 3.28. The highest BCUT2D eigenvalue weighted by atomic mass is 16.3. The molecular weight excluding hydrogens is 402 g/mol. The number of hydrogen-bond donors (Lipinski definition) is 1. The number of fused-ring (bicyclic) bond motifs is 1. The average Bonchev–Trinajstić information content (AvgIpc) is 2.86. The number of hydrogen-bond acceptors (Lipinski definition) is 5. The first kappa shape index (κ1) is 20.5. The van der Waals surface area contributed by atoms with Gasteiger partial charge in [0, 0.05) is 23.5 Å². The highest BCUT2D eigenvalue weighted by molar-refractivity contribution is 6.25. The maximum absolute atomic E-state index is 13.2. The largest absolute Gasteiger partial charge is 0.506 e. The molecule has 0 spiro atoms. The number of carbonyl (C=O) groups excluding carboxylic acids is 1. The molecule has 2 aromatic carbocycles. The lowest BCUT2D eigenvalue weighted by molar-refractivity contribution is 0.104. The highest BCUT2D eigenvalue weighted by Crippen LogP contribution is 2.20. The van der Waals surface area contributed by atoms with Crippen LogP contribution in [0, 0.1) is 11.3 Å². The van der Waals surface area contributed by atoms with E-state index in [0.29, 0.717) is 16.6 Å². The first-order chi connectivity index (χ1) is 15.6. The fraction of sp³-hybridized carbons (Fsp3) is 0. The standard InChI is InChI=1S/C26H17N3O3/c27-16-20-15-22(26(32)29-14-8-7-13-23(20)29)28-17-21(24(30)18-9-3-1-4-10-18)25(31)19-11-5-2-6-12-19/h1-15,17,30H. The van der Waals surface area contributed by atoms with Gasteiger partial charge in [0.2, 0.25) is 0 Å². The van der Waals surface area contributed by atoms with Gasteiger partial charge in [0.1, 0.15) is 17.5 Å². The Morgan fingerprint density at radius 3 is 2.22 bits per heavy atom. The number of rotatable bonds is 5. The van der Waals surface area contributed by atoms with Crippen LogP contribution in [-0.2, 0) is 0 Å². The molecule has 0 fully saturated rings. The molecule has 2 aromatic heterocycles. The van der Waals surface area contributed by atoms with Crippen LogP contribution in [0.15, 0.2) is 106 Å². The molecule has 0 aliphatic carbocycles. The van der Waals surface area contributed by atoms with Gasteiger partial charge in [-0.25, -0.2) is 0 Å². The van der Waals surface area contributed by atoms with Gasteiger partial charge in [0.05, 0.1) is 16.7 Å². The van der Waals surface area contributed by atoms with Crippen molar-refractivity contribution in [3.8, 4) is 6.07 Å². The summed E-state index contributed by atoms with van der Waals surface area (Å²) in [5, 5.41) is 20.3. The number of ketones is 1. The maximum Gasteiger partial charge on any atom is 0.281 e. The first-order valence-corrected chi connectivity index (χ1v) is 9.77. The molecule has 4 rings (SSSR count). The maximum atomic E-state index is 13.2. The number of aliphatic imine (C=N–C) groups is 1. The van der Waals surface area contributed by atoms with Gasteiger partial charge in [-0.3, -0.25) is 19.0 Å². The molecule has 0 atom stereocenters. The highest BCUT2D eigenvalue weighted by Gasteiger charge is 2.17. The summed E-state index contributed by atoms with van der Waals surface area (Å²) < 4.78 is 1.32. The van der Waals surface area contributed by atoms with Gasteiger partial charge in [0.15, 0.2) is 5.78 Å². The lowest BCUT2D eigenvalue weighted by Gasteiger charge is -2.08. The summed E-state index contributed by atoms with van der Waals surface area (Å²) in [5.41, 5.74) is 0.992. The Balaban J connectivity index is 1.87. The predicted molar refractivity (Wildman–Crippen MR) is 123 cm³/mol. The Labute approximate surface area is 183 Å². The molecule has 0 amide bonds. The van der Waals surface area contributed by atoms with Crippen LogP contribution in [-0.4, -0.2) is 21.5 Å². The van der Waals surface area contributed by atoms with Crippen LogP contribution < -0.4 is 5.56 Å². The van der Waals surface area contributed by atoms with Crippen molar-refractivity contribution < 1.29 is 9.90 Å². The second kappa shape index (κ2) is 8.94. The zero-order valence-corrected chi connectivity index (χ0v) is 16.8. The van der Waals surface area contributed by atoms with Crippen molar-refractivity contribution in [2.45, 2.75) is 0 Å².